The number of carbonyl (C=O) groups excluding carboxylic acids is 3. The number of nitrogens with zero attached hydrogens (tertiary/aromatic N) is 1. The van der Waals surface area contributed by atoms with Crippen LogP contribution in [0, 0.1) is 11.8 Å². The van der Waals surface area contributed by atoms with Gasteiger partial charge in [-0.25, -0.2) is 0 Å². The summed E-state index contributed by atoms with van der Waals surface area (Å²) in [6.07, 6.45) is 8.30. The maximum absolute atomic E-state index is 12.8. The molecule has 7 nitrogen and oxygen atoms in total. The number of rotatable bonds is 11. The predicted octanol–water partition coefficient (Wildman–Crippen LogP) is 2.54. The van der Waals surface area contributed by atoms with Crippen molar-refractivity contribution in [2.75, 3.05) is 19.8 Å². The van der Waals surface area contributed by atoms with E-state index in [9.17, 15) is 14.4 Å². The number of unbranched alkanes of at least 4 members (excludes halogenated alkanes) is 6. The van der Waals surface area contributed by atoms with E-state index in [1.54, 1.807) is 12.1 Å². The van der Waals surface area contributed by atoms with Gasteiger partial charge in [-0.15, -0.1) is 0 Å². The van der Waals surface area contributed by atoms with Gasteiger partial charge in [0.05, 0.1) is 0 Å². The minimum absolute atomic E-state index is 0.189. The molecule has 1 unspecified atom stereocenters. The van der Waals surface area contributed by atoms with Crippen LogP contribution in [0.2, 0.25) is 0 Å². The van der Waals surface area contributed by atoms with Gasteiger partial charge in [0.15, 0.2) is 0 Å². The number of piperidine rings is 1. The zero-order valence-corrected chi connectivity index (χ0v) is 18.5. The molecule has 3 amide bonds. The Morgan fingerprint density at radius 1 is 1.06 bits per heavy atom. The summed E-state index contributed by atoms with van der Waals surface area (Å²) in [6, 6.07) is 4.82. The van der Waals surface area contributed by atoms with E-state index >= 15 is 0 Å². The highest BCUT2D eigenvalue weighted by Crippen LogP contribution is 2.29. The van der Waals surface area contributed by atoms with Crippen LogP contribution in [-0.2, 0) is 20.9 Å². The first-order chi connectivity index (χ1) is 15.6. The molecule has 3 rings (SSSR count). The van der Waals surface area contributed by atoms with Crippen LogP contribution in [0.3, 0.4) is 0 Å². The molecule has 0 aliphatic carbocycles. The van der Waals surface area contributed by atoms with E-state index in [1.165, 1.54) is 24.2 Å². The molecule has 32 heavy (non-hydrogen) atoms. The Labute approximate surface area is 189 Å². The summed E-state index contributed by atoms with van der Waals surface area (Å²) in [4.78, 5) is 38.0. The van der Waals surface area contributed by atoms with Gasteiger partial charge in [-0.1, -0.05) is 50.0 Å². The van der Waals surface area contributed by atoms with Crippen molar-refractivity contribution in [3.05, 3.63) is 34.9 Å². The molecule has 0 spiro atoms. The van der Waals surface area contributed by atoms with Crippen LogP contribution >= 0.6 is 0 Å². The Balaban J connectivity index is 1.44. The average Bonchev–Trinajstić information content (AvgIpc) is 3.11. The fourth-order valence-electron chi connectivity index (χ4n) is 4.16. The van der Waals surface area contributed by atoms with Crippen LogP contribution in [0.25, 0.3) is 0 Å². The molecule has 0 radical (unpaired) electrons. The van der Waals surface area contributed by atoms with Gasteiger partial charge >= 0.3 is 0 Å². The number of aliphatic hydroxyl groups excluding tert-OH is 1. The molecule has 2 N–H and O–H groups in total. The lowest BCUT2D eigenvalue weighted by Crippen LogP contribution is -2.52. The van der Waals surface area contributed by atoms with E-state index in [2.05, 4.69) is 17.2 Å². The van der Waals surface area contributed by atoms with Crippen molar-refractivity contribution in [3.8, 4) is 11.8 Å². The summed E-state index contributed by atoms with van der Waals surface area (Å²) >= 11 is 0. The summed E-state index contributed by atoms with van der Waals surface area (Å²) in [5, 5.41) is 11.1. The van der Waals surface area contributed by atoms with Gasteiger partial charge in [-0.05, 0) is 37.0 Å². The number of imide groups is 1. The van der Waals surface area contributed by atoms with Crippen molar-refractivity contribution in [1.82, 2.24) is 10.2 Å². The standard InChI is InChI=1S/C25H32N2O5/c28-15-6-4-2-1-3-5-7-16-32-17-9-11-19-10-8-12-20-21(19)18-27(25(20)31)22-13-14-23(29)26-24(22)30/h8,10,12,22,28H,1-7,13-18H2,(H,26,29,30). The van der Waals surface area contributed by atoms with Crippen LogP contribution in [0.1, 0.15) is 79.3 Å². The highest BCUT2D eigenvalue weighted by atomic mass is 16.5. The molecule has 2 aliphatic rings. The van der Waals surface area contributed by atoms with E-state index < -0.39 is 11.9 Å². The molecule has 1 aromatic carbocycles. The second kappa shape index (κ2) is 12.4. The smallest absolute Gasteiger partial charge is 0.255 e. The molecule has 1 saturated heterocycles. The Morgan fingerprint density at radius 2 is 1.81 bits per heavy atom. The number of hydrogen-bond acceptors (Lipinski definition) is 5. The van der Waals surface area contributed by atoms with Crippen LogP contribution in [0.4, 0.5) is 0 Å². The van der Waals surface area contributed by atoms with Gasteiger partial charge in [-0.2, -0.15) is 0 Å². The quantitative estimate of drug-likeness (QED) is 0.313. The van der Waals surface area contributed by atoms with Gasteiger partial charge < -0.3 is 14.7 Å². The molecule has 7 heteroatoms. The molecule has 2 heterocycles. The molecular weight excluding hydrogens is 408 g/mol. The number of benzene rings is 1. The third-order valence-corrected chi connectivity index (χ3v) is 5.93. The van der Waals surface area contributed by atoms with Gasteiger partial charge in [0.25, 0.3) is 5.91 Å². The van der Waals surface area contributed by atoms with Crippen LogP contribution in [0.5, 0.6) is 0 Å². The first-order valence-electron chi connectivity index (χ1n) is 11.6. The first kappa shape index (κ1) is 24.0. The lowest BCUT2D eigenvalue weighted by Gasteiger charge is -2.29. The normalized spacial score (nSPS) is 17.7. The average molecular weight is 441 g/mol. The summed E-state index contributed by atoms with van der Waals surface area (Å²) < 4.78 is 5.61. The topological polar surface area (TPSA) is 95.9 Å². The van der Waals surface area contributed by atoms with Crippen molar-refractivity contribution in [1.29, 1.82) is 0 Å². The molecule has 0 bridgehead atoms. The summed E-state index contributed by atoms with van der Waals surface area (Å²) in [6.45, 7) is 1.63. The van der Waals surface area contributed by atoms with E-state index in [-0.39, 0.29) is 24.8 Å². The van der Waals surface area contributed by atoms with Crippen molar-refractivity contribution in [2.24, 2.45) is 0 Å². The molecule has 2 aliphatic heterocycles. The third-order valence-electron chi connectivity index (χ3n) is 5.93. The molecule has 0 aromatic heterocycles. The van der Waals surface area contributed by atoms with Crippen molar-refractivity contribution < 1.29 is 24.2 Å². The van der Waals surface area contributed by atoms with E-state index in [4.69, 9.17) is 9.84 Å². The van der Waals surface area contributed by atoms with Crippen LogP contribution < -0.4 is 5.32 Å². The van der Waals surface area contributed by atoms with E-state index in [0.29, 0.717) is 31.7 Å². The monoisotopic (exact) mass is 440 g/mol. The minimum atomic E-state index is -0.619. The zero-order chi connectivity index (χ0) is 22.8. The second-order valence-corrected chi connectivity index (χ2v) is 8.28. The van der Waals surface area contributed by atoms with Gasteiger partial charge in [0.1, 0.15) is 12.6 Å². The maximum atomic E-state index is 12.8. The number of aliphatic hydroxyl groups is 1. The largest absolute Gasteiger partial charge is 0.396 e. The van der Waals surface area contributed by atoms with Crippen molar-refractivity contribution in [3.63, 3.8) is 0 Å². The summed E-state index contributed by atoms with van der Waals surface area (Å²) in [7, 11) is 0. The highest BCUT2D eigenvalue weighted by molar-refractivity contribution is 6.05. The lowest BCUT2D eigenvalue weighted by atomic mass is 10.0. The Hall–Kier alpha value is -2.69. The first-order valence-corrected chi connectivity index (χ1v) is 11.6. The van der Waals surface area contributed by atoms with Crippen molar-refractivity contribution >= 4 is 17.7 Å². The Bertz CT molecular complexity index is 886. The maximum Gasteiger partial charge on any atom is 0.255 e. The molecule has 172 valence electrons. The molecule has 1 aromatic rings. The molecule has 0 saturated carbocycles. The number of ether oxygens (including phenoxy) is 1. The fourth-order valence-corrected chi connectivity index (χ4v) is 4.16. The van der Waals surface area contributed by atoms with Gasteiger partial charge in [0, 0.05) is 37.3 Å². The predicted molar refractivity (Wildman–Crippen MR) is 120 cm³/mol. The third kappa shape index (κ3) is 6.41. The highest BCUT2D eigenvalue weighted by Gasteiger charge is 2.39. The number of amides is 3. The Morgan fingerprint density at radius 3 is 2.56 bits per heavy atom. The van der Waals surface area contributed by atoms with E-state index in [1.807, 2.05) is 6.07 Å². The lowest BCUT2D eigenvalue weighted by molar-refractivity contribution is -0.136. The van der Waals surface area contributed by atoms with E-state index in [0.717, 1.165) is 36.8 Å². The van der Waals surface area contributed by atoms with Crippen LogP contribution in [0.15, 0.2) is 18.2 Å². The fraction of sp³-hybridized carbons (Fsp3) is 0.560. The minimum Gasteiger partial charge on any atom is -0.396 e. The summed E-state index contributed by atoms with van der Waals surface area (Å²) in [5.74, 6) is 5.25. The van der Waals surface area contributed by atoms with Crippen LogP contribution in [-0.4, -0.2) is 53.6 Å². The van der Waals surface area contributed by atoms with Crippen molar-refractivity contribution in [2.45, 2.75) is 70.4 Å². The number of fused-ring (bicyclic) bond motifs is 1. The number of carbonyl (C=O) groups is 3. The number of hydrogen-bond donors (Lipinski definition) is 2. The number of nitrogens with one attached hydrogen (secondary N) is 1. The Kier molecular flexibility index (Phi) is 9.27. The second-order valence-electron chi connectivity index (χ2n) is 8.28. The molecular formula is C25H32N2O5. The zero-order valence-electron chi connectivity index (χ0n) is 18.5. The SMILES string of the molecule is O=C1CCC(N2Cc3c(C#CCOCCCCCCCCCO)cccc3C2=O)C(=O)N1. The van der Waals surface area contributed by atoms with Gasteiger partial charge in [0.2, 0.25) is 11.8 Å². The molecule has 1 atom stereocenters. The molecule has 1 fully saturated rings. The summed E-state index contributed by atoms with van der Waals surface area (Å²) in [5.41, 5.74) is 2.18. The van der Waals surface area contributed by atoms with Gasteiger partial charge in [-0.3, -0.25) is 19.7 Å².